The minimum absolute atomic E-state index is 0.250. The SMILES string of the molecule is N#CCOO. The third-order valence-electron chi connectivity index (χ3n) is 0.129. The molecule has 5 heavy (non-hydrogen) atoms. The predicted molar refractivity (Wildman–Crippen MR) is 14.2 cm³/mol. The fourth-order valence-electron chi connectivity index (χ4n) is 0.0289. The lowest BCUT2D eigenvalue weighted by molar-refractivity contribution is -0.230. The van der Waals surface area contributed by atoms with E-state index in [1.54, 1.807) is 6.07 Å². The van der Waals surface area contributed by atoms with E-state index >= 15 is 0 Å². The van der Waals surface area contributed by atoms with Crippen LogP contribution >= 0.6 is 0 Å². The summed E-state index contributed by atoms with van der Waals surface area (Å²) in [4.78, 5) is 3.33. The summed E-state index contributed by atoms with van der Waals surface area (Å²) in [5, 5.41) is 14.9. The van der Waals surface area contributed by atoms with Gasteiger partial charge in [0.15, 0.2) is 6.61 Å². The minimum Gasteiger partial charge on any atom is -0.251 e. The summed E-state index contributed by atoms with van der Waals surface area (Å²) < 4.78 is 0. The molecule has 0 spiro atoms. The Balaban J connectivity index is 2.48. The van der Waals surface area contributed by atoms with Gasteiger partial charge in [0.05, 0.1) is 6.07 Å². The molecule has 0 amide bonds. The van der Waals surface area contributed by atoms with Crippen LogP contribution in [-0.2, 0) is 4.89 Å². The number of nitrogens with zero attached hydrogens (tertiary/aromatic N) is 1. The molecule has 0 bridgehead atoms. The molecule has 28 valence electrons. The molecule has 0 atom stereocenters. The highest BCUT2D eigenvalue weighted by Gasteiger charge is 1.65. The van der Waals surface area contributed by atoms with Crippen molar-refractivity contribution in [3.63, 3.8) is 0 Å². The van der Waals surface area contributed by atoms with Gasteiger partial charge in [-0.1, -0.05) is 0 Å². The van der Waals surface area contributed by atoms with Crippen molar-refractivity contribution in [1.29, 1.82) is 5.26 Å². The van der Waals surface area contributed by atoms with E-state index in [2.05, 4.69) is 4.89 Å². The first kappa shape index (κ1) is 4.41. The van der Waals surface area contributed by atoms with E-state index in [0.717, 1.165) is 0 Å². The summed E-state index contributed by atoms with van der Waals surface area (Å²) in [6.07, 6.45) is 0. The number of hydrogen-bond donors (Lipinski definition) is 1. The Hall–Kier alpha value is -0.590. The van der Waals surface area contributed by atoms with Crippen molar-refractivity contribution in [2.45, 2.75) is 0 Å². The average molecular weight is 73.1 g/mol. The van der Waals surface area contributed by atoms with Crippen molar-refractivity contribution >= 4 is 0 Å². The molecular weight excluding hydrogens is 70.0 g/mol. The van der Waals surface area contributed by atoms with Crippen molar-refractivity contribution in [3.05, 3.63) is 0 Å². The van der Waals surface area contributed by atoms with Gasteiger partial charge in [-0.2, -0.15) is 5.26 Å². The highest BCUT2D eigenvalue weighted by atomic mass is 17.1. The van der Waals surface area contributed by atoms with Crippen LogP contribution in [-0.4, -0.2) is 11.9 Å². The molecule has 0 saturated carbocycles. The lowest BCUT2D eigenvalue weighted by Crippen LogP contribution is -1.78. The van der Waals surface area contributed by atoms with Crippen LogP contribution < -0.4 is 0 Å². The van der Waals surface area contributed by atoms with Gasteiger partial charge in [0.2, 0.25) is 0 Å². The fourth-order valence-corrected chi connectivity index (χ4v) is 0.0289. The van der Waals surface area contributed by atoms with Crippen molar-refractivity contribution in [2.75, 3.05) is 6.61 Å². The highest BCUT2D eigenvalue weighted by Crippen LogP contribution is 1.53. The Kier molecular flexibility index (Phi) is 3.01. The van der Waals surface area contributed by atoms with Gasteiger partial charge in [-0.05, 0) is 0 Å². The van der Waals surface area contributed by atoms with Crippen LogP contribution in [0.2, 0.25) is 0 Å². The molecule has 0 aromatic rings. The third kappa shape index (κ3) is 3.41. The molecule has 1 N–H and O–H groups in total. The largest absolute Gasteiger partial charge is 0.251 e. The first-order chi connectivity index (χ1) is 2.41. The van der Waals surface area contributed by atoms with Gasteiger partial charge in [-0.15, -0.1) is 0 Å². The maximum Gasteiger partial charge on any atom is 0.168 e. The first-order valence-corrected chi connectivity index (χ1v) is 1.05. The third-order valence-corrected chi connectivity index (χ3v) is 0.129. The molecule has 0 fully saturated rings. The van der Waals surface area contributed by atoms with Crippen molar-refractivity contribution < 1.29 is 10.1 Å². The van der Waals surface area contributed by atoms with Crippen LogP contribution in [0.25, 0.3) is 0 Å². The Morgan fingerprint density at radius 1 is 2.00 bits per heavy atom. The maximum atomic E-state index is 7.53. The molecule has 3 heteroatoms. The lowest BCUT2D eigenvalue weighted by atomic mass is 10.9. The zero-order valence-corrected chi connectivity index (χ0v) is 2.51. The van der Waals surface area contributed by atoms with Gasteiger partial charge in [0, 0.05) is 0 Å². The molecule has 0 saturated heterocycles. The summed E-state index contributed by atoms with van der Waals surface area (Å²) in [6.45, 7) is -0.250. The molecule has 0 aliphatic carbocycles. The van der Waals surface area contributed by atoms with Crippen LogP contribution in [0.3, 0.4) is 0 Å². The summed E-state index contributed by atoms with van der Waals surface area (Å²) >= 11 is 0. The standard InChI is InChI=1S/C2H3NO2/c3-1-2-5-4/h4H,2H2. The average Bonchev–Trinajstić information content (AvgIpc) is 1.41. The zero-order chi connectivity index (χ0) is 4.12. The van der Waals surface area contributed by atoms with Gasteiger partial charge in [-0.25, -0.2) is 4.89 Å². The summed E-state index contributed by atoms with van der Waals surface area (Å²) in [5.41, 5.74) is 0. The zero-order valence-electron chi connectivity index (χ0n) is 2.51. The van der Waals surface area contributed by atoms with Crippen LogP contribution in [0.15, 0.2) is 0 Å². The van der Waals surface area contributed by atoms with E-state index < -0.39 is 0 Å². The van der Waals surface area contributed by atoms with E-state index in [1.165, 1.54) is 0 Å². The van der Waals surface area contributed by atoms with Crippen molar-refractivity contribution in [3.8, 4) is 6.07 Å². The van der Waals surface area contributed by atoms with Crippen LogP contribution in [0, 0.1) is 11.3 Å². The van der Waals surface area contributed by atoms with E-state index in [9.17, 15) is 0 Å². The molecule has 0 aliphatic heterocycles. The second kappa shape index (κ2) is 3.41. The topological polar surface area (TPSA) is 53.2 Å². The van der Waals surface area contributed by atoms with Crippen LogP contribution in [0.1, 0.15) is 0 Å². The molecule has 0 heterocycles. The van der Waals surface area contributed by atoms with E-state index in [-0.39, 0.29) is 6.61 Å². The molecule has 0 aliphatic rings. The van der Waals surface area contributed by atoms with Gasteiger partial charge in [0.1, 0.15) is 0 Å². The molecular formula is C2H3NO2. The highest BCUT2D eigenvalue weighted by molar-refractivity contribution is 4.64. The molecule has 0 aromatic heterocycles. The van der Waals surface area contributed by atoms with Crippen LogP contribution in [0.4, 0.5) is 0 Å². The first-order valence-electron chi connectivity index (χ1n) is 1.05. The van der Waals surface area contributed by atoms with Gasteiger partial charge < -0.3 is 0 Å². The van der Waals surface area contributed by atoms with E-state index in [0.29, 0.717) is 0 Å². The van der Waals surface area contributed by atoms with Crippen molar-refractivity contribution in [2.24, 2.45) is 0 Å². The minimum atomic E-state index is -0.250. The quantitative estimate of drug-likeness (QED) is 0.351. The molecule has 3 nitrogen and oxygen atoms in total. The second-order valence-corrected chi connectivity index (χ2v) is 0.432. The molecule has 0 unspecified atom stereocenters. The maximum absolute atomic E-state index is 7.53. The van der Waals surface area contributed by atoms with E-state index in [4.69, 9.17) is 10.5 Å². The monoisotopic (exact) mass is 73.0 g/mol. The van der Waals surface area contributed by atoms with Gasteiger partial charge in [0.25, 0.3) is 0 Å². The smallest absolute Gasteiger partial charge is 0.168 e. The second-order valence-electron chi connectivity index (χ2n) is 0.432. The summed E-state index contributed by atoms with van der Waals surface area (Å²) in [5.74, 6) is 0. The fraction of sp³-hybridized carbons (Fsp3) is 0.500. The summed E-state index contributed by atoms with van der Waals surface area (Å²) in [6, 6.07) is 1.55. The number of nitriles is 1. The van der Waals surface area contributed by atoms with Crippen molar-refractivity contribution in [1.82, 2.24) is 0 Å². The van der Waals surface area contributed by atoms with Gasteiger partial charge in [-0.3, -0.25) is 5.26 Å². The predicted octanol–water partition coefficient (Wildman–Crippen LogP) is -0.000420. The van der Waals surface area contributed by atoms with Gasteiger partial charge >= 0.3 is 0 Å². The van der Waals surface area contributed by atoms with Crippen LogP contribution in [0.5, 0.6) is 0 Å². The normalized spacial score (nSPS) is 6.40. The number of rotatable bonds is 1. The summed E-state index contributed by atoms with van der Waals surface area (Å²) in [7, 11) is 0. The molecule has 0 radical (unpaired) electrons. The number of hydrogen-bond acceptors (Lipinski definition) is 3. The van der Waals surface area contributed by atoms with E-state index in [1.807, 2.05) is 0 Å². The Morgan fingerprint density at radius 2 is 2.60 bits per heavy atom. The Labute approximate surface area is 29.3 Å². The Bertz CT molecular complexity index is 46.1. The molecule has 0 rings (SSSR count). The molecule has 0 aromatic carbocycles. The lowest BCUT2D eigenvalue weighted by Gasteiger charge is -1.71. The Morgan fingerprint density at radius 3 is 2.60 bits per heavy atom.